The molecule has 3 aromatic carbocycles. The molecule has 2 aromatic heterocycles. The van der Waals surface area contributed by atoms with Gasteiger partial charge in [0.15, 0.2) is 5.43 Å². The number of nitrogens with one attached hydrogen (secondary N) is 1. The van der Waals surface area contributed by atoms with Gasteiger partial charge >= 0.3 is 0 Å². The smallest absolute Gasteiger partial charge is 0.245 e. The summed E-state index contributed by atoms with van der Waals surface area (Å²) < 4.78 is 4.62. The molecule has 5 aromatic rings. The van der Waals surface area contributed by atoms with Gasteiger partial charge in [-0.25, -0.2) is 4.68 Å². The van der Waals surface area contributed by atoms with Crippen molar-refractivity contribution in [1.29, 1.82) is 0 Å². The van der Waals surface area contributed by atoms with Crippen LogP contribution in [0.3, 0.4) is 0 Å². The maximum Gasteiger partial charge on any atom is 0.245 e. The number of para-hydroxylation sites is 2. The fraction of sp³-hybridized carbons (Fsp3) is 0.0800. The summed E-state index contributed by atoms with van der Waals surface area (Å²) in [4.78, 5) is 26.0. The summed E-state index contributed by atoms with van der Waals surface area (Å²) >= 11 is 3.56. The minimum Gasteiger partial charge on any atom is -0.331 e. The number of carbonyl (C=O) groups is 1. The fourth-order valence-corrected chi connectivity index (χ4v) is 4.34. The van der Waals surface area contributed by atoms with Crippen molar-refractivity contribution in [3.05, 3.63) is 105 Å². The Hall–Kier alpha value is -3.71. The van der Waals surface area contributed by atoms with Crippen molar-refractivity contribution in [3.63, 3.8) is 0 Å². The van der Waals surface area contributed by atoms with E-state index in [2.05, 4.69) is 26.3 Å². The van der Waals surface area contributed by atoms with Crippen molar-refractivity contribution in [1.82, 2.24) is 14.3 Å². The molecule has 0 aliphatic heterocycles. The third-order valence-electron chi connectivity index (χ3n) is 5.44. The summed E-state index contributed by atoms with van der Waals surface area (Å²) in [5.41, 5.74) is 2.49. The Bertz CT molecular complexity index is 1460. The van der Waals surface area contributed by atoms with Gasteiger partial charge in [0.25, 0.3) is 0 Å². The van der Waals surface area contributed by atoms with Crippen LogP contribution in [-0.2, 0) is 17.9 Å². The lowest BCUT2D eigenvalue weighted by atomic mass is 10.1. The van der Waals surface area contributed by atoms with E-state index < -0.39 is 0 Å². The highest BCUT2D eigenvalue weighted by Gasteiger charge is 2.14. The maximum absolute atomic E-state index is 13.1. The number of halogens is 1. The summed E-state index contributed by atoms with van der Waals surface area (Å²) in [6, 6.07) is 24.4. The number of amides is 1. The molecule has 158 valence electrons. The average Bonchev–Trinajstić information content (AvgIpc) is 3.24. The molecule has 7 heteroatoms. The standard InChI is InChI=1S/C25H19BrN4O2/c26-20-10-4-1-7-17(20)15-30-23(13-14-27-30)28-24(31)16-29-21-11-5-2-8-18(21)25(32)19-9-3-6-12-22(19)29/h1-14H,15-16H2,(H,28,31). The zero-order valence-corrected chi connectivity index (χ0v) is 18.6. The predicted octanol–water partition coefficient (Wildman–Crippen LogP) is 4.80. The molecule has 1 N–H and O–H groups in total. The van der Waals surface area contributed by atoms with E-state index in [1.165, 1.54) is 0 Å². The first-order chi connectivity index (χ1) is 15.6. The van der Waals surface area contributed by atoms with Crippen molar-refractivity contribution in [2.24, 2.45) is 0 Å². The first-order valence-corrected chi connectivity index (χ1v) is 11.0. The van der Waals surface area contributed by atoms with Crippen LogP contribution in [-0.4, -0.2) is 20.3 Å². The largest absolute Gasteiger partial charge is 0.331 e. The Kier molecular flexibility index (Phi) is 5.33. The number of carbonyl (C=O) groups excluding carboxylic acids is 1. The number of rotatable bonds is 5. The summed E-state index contributed by atoms with van der Waals surface area (Å²) in [6.45, 7) is 0.593. The minimum atomic E-state index is -0.196. The highest BCUT2D eigenvalue weighted by Crippen LogP contribution is 2.21. The number of nitrogens with zero attached hydrogens (tertiary/aromatic N) is 3. The zero-order valence-electron chi connectivity index (χ0n) is 17.0. The van der Waals surface area contributed by atoms with E-state index in [0.29, 0.717) is 23.1 Å². The summed E-state index contributed by atoms with van der Waals surface area (Å²) in [7, 11) is 0. The van der Waals surface area contributed by atoms with Gasteiger partial charge in [-0.05, 0) is 35.9 Å². The van der Waals surface area contributed by atoms with Crippen LogP contribution in [0.4, 0.5) is 5.82 Å². The molecule has 5 rings (SSSR count). The predicted molar refractivity (Wildman–Crippen MR) is 130 cm³/mol. The molecule has 1 amide bonds. The lowest BCUT2D eigenvalue weighted by Crippen LogP contribution is -2.23. The molecular weight excluding hydrogens is 468 g/mol. The Balaban J connectivity index is 1.47. The first kappa shape index (κ1) is 20.2. The number of benzene rings is 3. The average molecular weight is 487 g/mol. The van der Waals surface area contributed by atoms with Crippen molar-refractivity contribution >= 4 is 49.5 Å². The molecule has 0 radical (unpaired) electrons. The number of aromatic nitrogens is 3. The molecule has 0 saturated carbocycles. The second-order valence-electron chi connectivity index (χ2n) is 7.46. The molecule has 32 heavy (non-hydrogen) atoms. The molecular formula is C25H19BrN4O2. The van der Waals surface area contributed by atoms with Crippen LogP contribution in [0.15, 0.2) is 94.3 Å². The monoisotopic (exact) mass is 486 g/mol. The summed E-state index contributed by atoms with van der Waals surface area (Å²) in [5.74, 6) is 0.415. The first-order valence-electron chi connectivity index (χ1n) is 10.2. The lowest BCUT2D eigenvalue weighted by Gasteiger charge is -2.15. The SMILES string of the molecule is O=C(Cn1c2ccccc2c(=O)c2ccccc21)Nc1ccnn1Cc1ccccc1Br. The molecule has 0 aliphatic rings. The topological polar surface area (TPSA) is 68.9 Å². The van der Waals surface area contributed by atoms with Crippen LogP contribution < -0.4 is 10.7 Å². The van der Waals surface area contributed by atoms with Gasteiger partial charge in [0, 0.05) is 21.3 Å². The van der Waals surface area contributed by atoms with Crippen LogP contribution >= 0.6 is 15.9 Å². The van der Waals surface area contributed by atoms with Crippen molar-refractivity contribution in [2.75, 3.05) is 5.32 Å². The Labute approximate surface area is 192 Å². The third-order valence-corrected chi connectivity index (χ3v) is 6.22. The van der Waals surface area contributed by atoms with E-state index in [4.69, 9.17) is 0 Å². The molecule has 0 aliphatic carbocycles. The lowest BCUT2D eigenvalue weighted by molar-refractivity contribution is -0.116. The second-order valence-corrected chi connectivity index (χ2v) is 8.32. The molecule has 0 atom stereocenters. The van der Waals surface area contributed by atoms with E-state index in [0.717, 1.165) is 21.1 Å². The Morgan fingerprint density at radius 1 is 0.875 bits per heavy atom. The van der Waals surface area contributed by atoms with E-state index in [1.807, 2.05) is 65.2 Å². The normalized spacial score (nSPS) is 11.2. The molecule has 0 fully saturated rings. The molecule has 0 saturated heterocycles. The van der Waals surface area contributed by atoms with Gasteiger partial charge in [-0.15, -0.1) is 0 Å². The zero-order chi connectivity index (χ0) is 22.1. The molecule has 0 spiro atoms. The number of anilines is 1. The highest BCUT2D eigenvalue weighted by atomic mass is 79.9. The van der Waals surface area contributed by atoms with Gasteiger partial charge < -0.3 is 9.88 Å². The number of pyridine rings is 1. The van der Waals surface area contributed by atoms with Crippen LogP contribution in [0.25, 0.3) is 21.8 Å². The molecule has 2 heterocycles. The van der Waals surface area contributed by atoms with Gasteiger partial charge in [-0.3, -0.25) is 9.59 Å². The van der Waals surface area contributed by atoms with Crippen molar-refractivity contribution < 1.29 is 4.79 Å². The molecule has 0 bridgehead atoms. The van der Waals surface area contributed by atoms with Crippen LogP contribution in [0.1, 0.15) is 5.56 Å². The third kappa shape index (κ3) is 3.71. The van der Waals surface area contributed by atoms with Gasteiger partial charge in [-0.2, -0.15) is 5.10 Å². The van der Waals surface area contributed by atoms with E-state index in [9.17, 15) is 9.59 Å². The van der Waals surface area contributed by atoms with Gasteiger partial charge in [0.2, 0.25) is 5.91 Å². The van der Waals surface area contributed by atoms with Crippen molar-refractivity contribution in [2.45, 2.75) is 13.1 Å². The highest BCUT2D eigenvalue weighted by molar-refractivity contribution is 9.10. The summed E-state index contributed by atoms with van der Waals surface area (Å²) in [6.07, 6.45) is 1.66. The van der Waals surface area contributed by atoms with Crippen LogP contribution in [0.2, 0.25) is 0 Å². The fourth-order valence-electron chi connectivity index (χ4n) is 3.93. The minimum absolute atomic E-state index is 0.0284. The van der Waals surface area contributed by atoms with Crippen LogP contribution in [0, 0.1) is 0 Å². The number of hydrogen-bond donors (Lipinski definition) is 1. The second kappa shape index (κ2) is 8.43. The molecule has 0 unspecified atom stereocenters. The molecule has 6 nitrogen and oxygen atoms in total. The Morgan fingerprint density at radius 2 is 1.50 bits per heavy atom. The van der Waals surface area contributed by atoms with E-state index in [-0.39, 0.29) is 17.9 Å². The Morgan fingerprint density at radius 3 is 2.19 bits per heavy atom. The maximum atomic E-state index is 13.1. The van der Waals surface area contributed by atoms with E-state index >= 15 is 0 Å². The van der Waals surface area contributed by atoms with Gasteiger partial charge in [-0.1, -0.05) is 58.4 Å². The van der Waals surface area contributed by atoms with E-state index in [1.54, 1.807) is 29.1 Å². The van der Waals surface area contributed by atoms with Gasteiger partial charge in [0.1, 0.15) is 12.4 Å². The quantitative estimate of drug-likeness (QED) is 0.362. The number of hydrogen-bond acceptors (Lipinski definition) is 3. The van der Waals surface area contributed by atoms with Gasteiger partial charge in [0.05, 0.1) is 23.8 Å². The summed E-state index contributed by atoms with van der Waals surface area (Å²) in [5, 5.41) is 8.52. The van der Waals surface area contributed by atoms with Crippen molar-refractivity contribution in [3.8, 4) is 0 Å². The van der Waals surface area contributed by atoms with Crippen LogP contribution in [0.5, 0.6) is 0 Å². The number of fused-ring (bicyclic) bond motifs is 2.